The number of nitrogens with one attached hydrogen (secondary N) is 1. The van der Waals surface area contributed by atoms with Gasteiger partial charge in [0.1, 0.15) is 11.4 Å². The second kappa shape index (κ2) is 5.55. The topological polar surface area (TPSA) is 21.3 Å². The van der Waals surface area contributed by atoms with Gasteiger partial charge < -0.3 is 10.1 Å². The van der Waals surface area contributed by atoms with Crippen LogP contribution in [0.4, 0.5) is 0 Å². The minimum Gasteiger partial charge on any atom is -0.486 e. The fourth-order valence-electron chi connectivity index (χ4n) is 1.57. The van der Waals surface area contributed by atoms with Gasteiger partial charge in [-0.2, -0.15) is 0 Å². The first-order valence-corrected chi connectivity index (χ1v) is 5.98. The van der Waals surface area contributed by atoms with E-state index in [0.717, 1.165) is 29.3 Å². The van der Waals surface area contributed by atoms with Crippen LogP contribution in [0, 0.1) is 6.92 Å². The van der Waals surface area contributed by atoms with Crippen molar-refractivity contribution >= 4 is 11.6 Å². The van der Waals surface area contributed by atoms with E-state index in [9.17, 15) is 0 Å². The number of rotatable bonds is 5. The third-order valence-corrected chi connectivity index (χ3v) is 3.22. The van der Waals surface area contributed by atoms with Gasteiger partial charge in [-0.3, -0.25) is 0 Å². The van der Waals surface area contributed by atoms with Crippen molar-refractivity contribution in [2.24, 2.45) is 0 Å². The lowest BCUT2D eigenvalue weighted by Gasteiger charge is -2.29. The van der Waals surface area contributed by atoms with Crippen LogP contribution >= 0.6 is 11.6 Å². The summed E-state index contributed by atoms with van der Waals surface area (Å²) in [5, 5.41) is 3.93. The Morgan fingerprint density at radius 2 is 2.12 bits per heavy atom. The molecule has 0 radical (unpaired) electrons. The molecule has 0 aliphatic heterocycles. The van der Waals surface area contributed by atoms with Gasteiger partial charge in [0.15, 0.2) is 0 Å². The number of ether oxygens (including phenoxy) is 1. The molecule has 0 bridgehead atoms. The van der Waals surface area contributed by atoms with E-state index in [1.807, 2.05) is 32.2 Å². The zero-order valence-electron chi connectivity index (χ0n) is 10.4. The summed E-state index contributed by atoms with van der Waals surface area (Å²) in [7, 11) is 1.93. The molecule has 1 aromatic carbocycles. The third-order valence-electron chi connectivity index (χ3n) is 2.79. The van der Waals surface area contributed by atoms with Crippen LogP contribution in [-0.2, 0) is 0 Å². The first-order chi connectivity index (χ1) is 7.50. The highest BCUT2D eigenvalue weighted by Crippen LogP contribution is 2.25. The van der Waals surface area contributed by atoms with E-state index in [0.29, 0.717) is 0 Å². The average Bonchev–Trinajstić information content (AvgIpc) is 2.24. The van der Waals surface area contributed by atoms with Gasteiger partial charge in [0.25, 0.3) is 0 Å². The quantitative estimate of drug-likeness (QED) is 0.853. The molecule has 3 heteroatoms. The Hall–Kier alpha value is -0.730. The number of halogens is 1. The maximum absolute atomic E-state index is 6.01. The second-order valence-electron chi connectivity index (χ2n) is 4.35. The van der Waals surface area contributed by atoms with Gasteiger partial charge in [-0.15, -0.1) is 0 Å². The van der Waals surface area contributed by atoms with Gasteiger partial charge in [-0.1, -0.05) is 18.5 Å². The number of hydrogen-bond donors (Lipinski definition) is 1. The number of likely N-dealkylation sites (N-methyl/N-ethyl adjacent to an activating group) is 1. The largest absolute Gasteiger partial charge is 0.486 e. The lowest BCUT2D eigenvalue weighted by molar-refractivity contribution is 0.0857. The maximum atomic E-state index is 6.01. The van der Waals surface area contributed by atoms with E-state index in [-0.39, 0.29) is 5.60 Å². The van der Waals surface area contributed by atoms with Crippen LogP contribution in [0.2, 0.25) is 5.02 Å². The van der Waals surface area contributed by atoms with Crippen molar-refractivity contribution in [2.45, 2.75) is 32.8 Å². The molecule has 2 nitrogen and oxygen atoms in total. The standard InChI is InChI=1S/C13H20ClNO/c1-5-13(3,9-15-4)16-11-6-7-12(14)10(2)8-11/h6-8,15H,5,9H2,1-4H3. The van der Waals surface area contributed by atoms with Crippen molar-refractivity contribution in [3.63, 3.8) is 0 Å². The highest BCUT2D eigenvalue weighted by atomic mass is 35.5. The van der Waals surface area contributed by atoms with Crippen molar-refractivity contribution in [3.8, 4) is 5.75 Å². The maximum Gasteiger partial charge on any atom is 0.120 e. The molecule has 1 atom stereocenters. The molecule has 1 N–H and O–H groups in total. The Morgan fingerprint density at radius 3 is 2.62 bits per heavy atom. The minimum atomic E-state index is -0.172. The Balaban J connectivity index is 2.81. The smallest absolute Gasteiger partial charge is 0.120 e. The molecule has 16 heavy (non-hydrogen) atoms. The fourth-order valence-corrected chi connectivity index (χ4v) is 1.69. The average molecular weight is 242 g/mol. The molecule has 1 unspecified atom stereocenters. The summed E-state index contributed by atoms with van der Waals surface area (Å²) in [6.07, 6.45) is 0.954. The van der Waals surface area contributed by atoms with Crippen LogP contribution in [0.25, 0.3) is 0 Å². The van der Waals surface area contributed by atoms with Gasteiger partial charge in [0.05, 0.1) is 0 Å². The summed E-state index contributed by atoms with van der Waals surface area (Å²) >= 11 is 5.98. The molecule has 0 aromatic heterocycles. The number of benzene rings is 1. The summed E-state index contributed by atoms with van der Waals surface area (Å²) in [5.41, 5.74) is 0.872. The molecule has 0 aliphatic rings. The highest BCUT2D eigenvalue weighted by Gasteiger charge is 2.23. The molecule has 0 amide bonds. The SMILES string of the molecule is CCC(C)(CNC)Oc1ccc(Cl)c(C)c1. The summed E-state index contributed by atoms with van der Waals surface area (Å²) in [4.78, 5) is 0. The second-order valence-corrected chi connectivity index (χ2v) is 4.75. The van der Waals surface area contributed by atoms with Gasteiger partial charge in [0.2, 0.25) is 0 Å². The van der Waals surface area contributed by atoms with Crippen LogP contribution in [0.1, 0.15) is 25.8 Å². The molecule has 0 saturated heterocycles. The highest BCUT2D eigenvalue weighted by molar-refractivity contribution is 6.31. The van der Waals surface area contributed by atoms with Gasteiger partial charge in [-0.25, -0.2) is 0 Å². The van der Waals surface area contributed by atoms with Crippen LogP contribution in [-0.4, -0.2) is 19.2 Å². The van der Waals surface area contributed by atoms with Crippen molar-refractivity contribution < 1.29 is 4.74 Å². The number of aryl methyl sites for hydroxylation is 1. The summed E-state index contributed by atoms with van der Waals surface area (Å²) in [5.74, 6) is 0.876. The molecule has 0 heterocycles. The molecular weight excluding hydrogens is 222 g/mol. The Bertz CT molecular complexity index is 354. The first kappa shape index (κ1) is 13.3. The monoisotopic (exact) mass is 241 g/mol. The molecule has 1 rings (SSSR count). The van der Waals surface area contributed by atoms with Crippen molar-refractivity contribution in [1.82, 2.24) is 5.32 Å². The Morgan fingerprint density at radius 1 is 1.44 bits per heavy atom. The van der Waals surface area contributed by atoms with Crippen LogP contribution < -0.4 is 10.1 Å². The summed E-state index contributed by atoms with van der Waals surface area (Å²) in [6.45, 7) is 7.04. The number of hydrogen-bond acceptors (Lipinski definition) is 2. The molecule has 1 aromatic rings. The third kappa shape index (κ3) is 3.39. The molecule has 0 saturated carbocycles. The Labute approximate surface area is 103 Å². The lowest BCUT2D eigenvalue weighted by atomic mass is 10.0. The van der Waals surface area contributed by atoms with Gasteiger partial charge >= 0.3 is 0 Å². The van der Waals surface area contributed by atoms with Gasteiger partial charge in [-0.05, 0) is 51.1 Å². The van der Waals surface area contributed by atoms with E-state index in [1.165, 1.54) is 0 Å². The predicted octanol–water partition coefficient (Wildman–Crippen LogP) is 3.42. The molecule has 0 aliphatic carbocycles. The Kier molecular flexibility index (Phi) is 4.63. The minimum absolute atomic E-state index is 0.172. The first-order valence-electron chi connectivity index (χ1n) is 5.60. The molecule has 90 valence electrons. The summed E-state index contributed by atoms with van der Waals surface area (Å²) in [6, 6.07) is 5.77. The normalized spacial score (nSPS) is 14.6. The molecular formula is C13H20ClNO. The van der Waals surface area contributed by atoms with Crippen LogP contribution in [0.5, 0.6) is 5.75 Å². The van der Waals surface area contributed by atoms with Crippen molar-refractivity contribution in [3.05, 3.63) is 28.8 Å². The van der Waals surface area contributed by atoms with Crippen molar-refractivity contribution in [1.29, 1.82) is 0 Å². The fraction of sp³-hybridized carbons (Fsp3) is 0.538. The van der Waals surface area contributed by atoms with Crippen LogP contribution in [0.15, 0.2) is 18.2 Å². The van der Waals surface area contributed by atoms with Crippen molar-refractivity contribution in [2.75, 3.05) is 13.6 Å². The van der Waals surface area contributed by atoms with Crippen LogP contribution in [0.3, 0.4) is 0 Å². The molecule has 0 spiro atoms. The van der Waals surface area contributed by atoms with E-state index >= 15 is 0 Å². The zero-order valence-corrected chi connectivity index (χ0v) is 11.2. The molecule has 0 fully saturated rings. The predicted molar refractivity (Wildman–Crippen MR) is 69.4 cm³/mol. The summed E-state index contributed by atoms with van der Waals surface area (Å²) < 4.78 is 6.01. The van der Waals surface area contributed by atoms with E-state index in [2.05, 4.69) is 19.2 Å². The lowest BCUT2D eigenvalue weighted by Crippen LogP contribution is -2.41. The van der Waals surface area contributed by atoms with E-state index in [4.69, 9.17) is 16.3 Å². The van der Waals surface area contributed by atoms with Gasteiger partial charge in [0, 0.05) is 11.6 Å². The van der Waals surface area contributed by atoms with E-state index in [1.54, 1.807) is 0 Å². The zero-order chi connectivity index (χ0) is 12.2. The van der Waals surface area contributed by atoms with E-state index < -0.39 is 0 Å².